The van der Waals surface area contributed by atoms with Crippen LogP contribution in [0.5, 0.6) is 0 Å². The van der Waals surface area contributed by atoms with Crippen molar-refractivity contribution in [3.05, 3.63) is 63.2 Å². The first-order valence-corrected chi connectivity index (χ1v) is 8.11. The van der Waals surface area contributed by atoms with Crippen molar-refractivity contribution in [1.82, 2.24) is 10.2 Å². The molecule has 1 aliphatic heterocycles. The number of ether oxygens (including phenoxy) is 1. The molecular formula is C17H12Cl2N2O5. The first-order valence-electron chi connectivity index (χ1n) is 7.35. The number of furan rings is 1. The van der Waals surface area contributed by atoms with E-state index in [9.17, 15) is 14.4 Å². The van der Waals surface area contributed by atoms with Crippen molar-refractivity contribution in [2.24, 2.45) is 0 Å². The Bertz CT molecular complexity index is 935. The molecule has 0 saturated carbocycles. The van der Waals surface area contributed by atoms with Crippen LogP contribution in [-0.2, 0) is 16.1 Å². The molecule has 1 saturated heterocycles. The van der Waals surface area contributed by atoms with Crippen LogP contribution in [-0.4, -0.2) is 29.9 Å². The average Bonchev–Trinajstić information content (AvgIpc) is 3.17. The molecular weight excluding hydrogens is 383 g/mol. The van der Waals surface area contributed by atoms with Crippen molar-refractivity contribution in [2.75, 3.05) is 7.11 Å². The van der Waals surface area contributed by atoms with Gasteiger partial charge in [0.1, 0.15) is 11.5 Å². The highest BCUT2D eigenvalue weighted by molar-refractivity contribution is 6.35. The van der Waals surface area contributed by atoms with E-state index < -0.39 is 17.9 Å². The third-order valence-corrected chi connectivity index (χ3v) is 4.15. The van der Waals surface area contributed by atoms with E-state index in [1.807, 2.05) is 0 Å². The maximum absolute atomic E-state index is 12.5. The normalized spacial score (nSPS) is 15.5. The van der Waals surface area contributed by atoms with Gasteiger partial charge in [-0.1, -0.05) is 29.3 Å². The highest BCUT2D eigenvalue weighted by Crippen LogP contribution is 2.25. The molecule has 1 aliphatic rings. The van der Waals surface area contributed by atoms with Gasteiger partial charge in [0, 0.05) is 10.0 Å². The third-order valence-electron chi connectivity index (χ3n) is 3.59. The SMILES string of the molecule is COC(=O)c1ccc(CN2C(=O)N/C(=C\c3ccc(Cl)cc3Cl)C2=O)o1. The van der Waals surface area contributed by atoms with E-state index in [0.29, 0.717) is 15.6 Å². The minimum absolute atomic E-state index is 0.0155. The van der Waals surface area contributed by atoms with Gasteiger partial charge in [-0.2, -0.15) is 0 Å². The highest BCUT2D eigenvalue weighted by atomic mass is 35.5. The number of nitrogens with one attached hydrogen (secondary N) is 1. The molecule has 3 rings (SSSR count). The molecule has 2 heterocycles. The predicted octanol–water partition coefficient (Wildman–Crippen LogP) is 3.47. The molecule has 0 atom stereocenters. The molecule has 0 unspecified atom stereocenters. The summed E-state index contributed by atoms with van der Waals surface area (Å²) in [5.41, 5.74) is 0.603. The van der Waals surface area contributed by atoms with E-state index in [-0.39, 0.29) is 23.8 Å². The van der Waals surface area contributed by atoms with E-state index in [1.165, 1.54) is 31.4 Å². The van der Waals surface area contributed by atoms with Crippen LogP contribution in [0.25, 0.3) is 6.08 Å². The number of esters is 1. The summed E-state index contributed by atoms with van der Waals surface area (Å²) in [5.74, 6) is -0.943. The lowest BCUT2D eigenvalue weighted by Gasteiger charge is -2.09. The fourth-order valence-electron chi connectivity index (χ4n) is 2.32. The summed E-state index contributed by atoms with van der Waals surface area (Å²) in [6.07, 6.45) is 1.46. The Morgan fingerprint density at radius 1 is 1.27 bits per heavy atom. The van der Waals surface area contributed by atoms with E-state index >= 15 is 0 Å². The number of methoxy groups -OCH3 is 1. The first-order chi connectivity index (χ1) is 12.4. The Morgan fingerprint density at radius 3 is 2.73 bits per heavy atom. The van der Waals surface area contributed by atoms with Crippen LogP contribution >= 0.6 is 23.2 Å². The molecule has 1 aromatic heterocycles. The summed E-state index contributed by atoms with van der Waals surface area (Å²) in [4.78, 5) is 36.9. The molecule has 26 heavy (non-hydrogen) atoms. The van der Waals surface area contributed by atoms with Crippen molar-refractivity contribution in [3.63, 3.8) is 0 Å². The van der Waals surface area contributed by atoms with Gasteiger partial charge in [-0.3, -0.25) is 9.69 Å². The molecule has 2 aromatic rings. The number of carbonyl (C=O) groups is 3. The van der Waals surface area contributed by atoms with Crippen LogP contribution in [0.3, 0.4) is 0 Å². The summed E-state index contributed by atoms with van der Waals surface area (Å²) < 4.78 is 9.82. The number of amides is 3. The number of hydrogen-bond donors (Lipinski definition) is 1. The van der Waals surface area contributed by atoms with Crippen LogP contribution in [0.2, 0.25) is 10.0 Å². The summed E-state index contributed by atoms with van der Waals surface area (Å²) in [6, 6.07) is 7.08. The maximum atomic E-state index is 12.5. The van der Waals surface area contributed by atoms with Gasteiger partial charge in [0.05, 0.1) is 13.7 Å². The second-order valence-corrected chi connectivity index (χ2v) is 6.15. The molecule has 1 N–H and O–H groups in total. The summed E-state index contributed by atoms with van der Waals surface area (Å²) >= 11 is 11.9. The number of nitrogens with zero attached hydrogens (tertiary/aromatic N) is 1. The van der Waals surface area contributed by atoms with Crippen LogP contribution in [0.4, 0.5) is 4.79 Å². The third kappa shape index (κ3) is 3.58. The number of rotatable bonds is 4. The lowest BCUT2D eigenvalue weighted by molar-refractivity contribution is -0.123. The van der Waals surface area contributed by atoms with Gasteiger partial charge in [-0.15, -0.1) is 0 Å². The Hall–Kier alpha value is -2.77. The van der Waals surface area contributed by atoms with Crippen LogP contribution in [0.15, 0.2) is 40.4 Å². The molecule has 1 fully saturated rings. The monoisotopic (exact) mass is 394 g/mol. The Kier molecular flexibility index (Phi) is 5.01. The van der Waals surface area contributed by atoms with E-state index in [4.69, 9.17) is 27.6 Å². The summed E-state index contributed by atoms with van der Waals surface area (Å²) in [7, 11) is 1.22. The van der Waals surface area contributed by atoms with Crippen molar-refractivity contribution in [1.29, 1.82) is 0 Å². The Morgan fingerprint density at radius 2 is 2.04 bits per heavy atom. The van der Waals surface area contributed by atoms with Gasteiger partial charge in [0.25, 0.3) is 5.91 Å². The predicted molar refractivity (Wildman–Crippen MR) is 93.6 cm³/mol. The molecule has 9 heteroatoms. The maximum Gasteiger partial charge on any atom is 0.373 e. The molecule has 0 radical (unpaired) electrons. The van der Waals surface area contributed by atoms with E-state index in [0.717, 1.165) is 4.90 Å². The van der Waals surface area contributed by atoms with Crippen molar-refractivity contribution < 1.29 is 23.5 Å². The van der Waals surface area contributed by atoms with Gasteiger partial charge in [-0.25, -0.2) is 9.59 Å². The quantitative estimate of drug-likeness (QED) is 0.487. The molecule has 1 aromatic carbocycles. The number of hydrogen-bond acceptors (Lipinski definition) is 5. The number of benzene rings is 1. The Labute approximate surface area is 158 Å². The molecule has 0 bridgehead atoms. The Balaban J connectivity index is 1.79. The zero-order valence-electron chi connectivity index (χ0n) is 13.4. The van der Waals surface area contributed by atoms with Gasteiger partial charge in [0.2, 0.25) is 5.76 Å². The van der Waals surface area contributed by atoms with Gasteiger partial charge < -0.3 is 14.5 Å². The molecule has 134 valence electrons. The van der Waals surface area contributed by atoms with E-state index in [2.05, 4.69) is 10.1 Å². The zero-order valence-corrected chi connectivity index (χ0v) is 14.9. The van der Waals surface area contributed by atoms with Crippen molar-refractivity contribution in [2.45, 2.75) is 6.54 Å². The lowest BCUT2D eigenvalue weighted by Crippen LogP contribution is -2.30. The topological polar surface area (TPSA) is 88.9 Å². The fraction of sp³-hybridized carbons (Fsp3) is 0.118. The van der Waals surface area contributed by atoms with Gasteiger partial charge in [-0.05, 0) is 35.9 Å². The molecule has 0 spiro atoms. The fourth-order valence-corrected chi connectivity index (χ4v) is 2.78. The average molecular weight is 395 g/mol. The second-order valence-electron chi connectivity index (χ2n) is 5.30. The van der Waals surface area contributed by atoms with Crippen molar-refractivity contribution >= 4 is 47.2 Å². The van der Waals surface area contributed by atoms with Crippen LogP contribution < -0.4 is 5.32 Å². The van der Waals surface area contributed by atoms with E-state index in [1.54, 1.807) is 12.1 Å². The smallest absolute Gasteiger partial charge is 0.373 e. The van der Waals surface area contributed by atoms with Gasteiger partial charge >= 0.3 is 12.0 Å². The van der Waals surface area contributed by atoms with Gasteiger partial charge in [0.15, 0.2) is 0 Å². The second kappa shape index (κ2) is 7.23. The zero-order chi connectivity index (χ0) is 18.8. The van der Waals surface area contributed by atoms with Crippen LogP contribution in [0, 0.1) is 0 Å². The first kappa shape index (κ1) is 18.0. The number of urea groups is 1. The minimum atomic E-state index is -0.647. The highest BCUT2D eigenvalue weighted by Gasteiger charge is 2.34. The van der Waals surface area contributed by atoms with Crippen molar-refractivity contribution in [3.8, 4) is 0 Å². The number of carbonyl (C=O) groups excluding carboxylic acids is 3. The molecule has 3 amide bonds. The number of imide groups is 1. The molecule has 0 aliphatic carbocycles. The standard InChI is InChI=1S/C17H12Cl2N2O5/c1-25-16(23)14-5-4-11(26-14)8-21-15(22)13(20-17(21)24)6-9-2-3-10(18)7-12(9)19/h2-7H,8H2,1H3,(H,20,24)/b13-6-. The lowest BCUT2D eigenvalue weighted by atomic mass is 10.2. The summed E-state index contributed by atoms with van der Waals surface area (Å²) in [6.45, 7) is -0.132. The largest absolute Gasteiger partial charge is 0.463 e. The summed E-state index contributed by atoms with van der Waals surface area (Å²) in [5, 5.41) is 3.28. The number of halogens is 2. The minimum Gasteiger partial charge on any atom is -0.463 e. The molecule has 7 nitrogen and oxygen atoms in total. The van der Waals surface area contributed by atoms with Crippen LogP contribution in [0.1, 0.15) is 21.9 Å².